The number of benzene rings is 2. The molecule has 0 atom stereocenters. The maximum atomic E-state index is 12.9. The minimum absolute atomic E-state index is 0.0921. The number of piperidine rings is 1. The first-order chi connectivity index (χ1) is 13.4. The van der Waals surface area contributed by atoms with Crippen LogP contribution >= 0.6 is 0 Å². The quantitative estimate of drug-likeness (QED) is 0.746. The van der Waals surface area contributed by atoms with Crippen molar-refractivity contribution in [3.63, 3.8) is 0 Å². The molecular formula is C20H21BN2O4S. The standard InChI is InChI=1S/C20H21BN2O4S/c1-14-3-2-4-15-13-27-20(24)23(19(14)15)17-9-11-22(12-10-17)28(25,26)18-7-5-16(21)6-8-18/h2-8,17H,9-13H2,1H3. The lowest BCUT2D eigenvalue weighted by Gasteiger charge is -2.40. The van der Waals surface area contributed by atoms with Crippen molar-refractivity contribution < 1.29 is 17.9 Å². The molecule has 0 spiro atoms. The van der Waals surface area contributed by atoms with E-state index in [0.717, 1.165) is 16.8 Å². The monoisotopic (exact) mass is 396 g/mol. The molecule has 144 valence electrons. The van der Waals surface area contributed by atoms with Gasteiger partial charge in [-0.05, 0) is 37.5 Å². The van der Waals surface area contributed by atoms with Gasteiger partial charge in [-0.3, -0.25) is 4.90 Å². The van der Waals surface area contributed by atoms with Crippen molar-refractivity contribution in [1.82, 2.24) is 4.31 Å². The second kappa shape index (κ2) is 7.26. The molecule has 8 heteroatoms. The summed E-state index contributed by atoms with van der Waals surface area (Å²) in [4.78, 5) is 14.4. The van der Waals surface area contributed by atoms with Crippen LogP contribution in [0.2, 0.25) is 0 Å². The zero-order chi connectivity index (χ0) is 19.9. The van der Waals surface area contributed by atoms with Gasteiger partial charge in [0.15, 0.2) is 0 Å². The van der Waals surface area contributed by atoms with E-state index in [1.807, 2.05) is 25.1 Å². The Kier molecular flexibility index (Phi) is 4.93. The van der Waals surface area contributed by atoms with Crippen LogP contribution in [0.15, 0.2) is 47.4 Å². The minimum atomic E-state index is -3.57. The SMILES string of the molecule is [B]c1ccc(S(=O)(=O)N2CCC(N3C(=O)OCc4cccc(C)c43)CC2)cc1. The van der Waals surface area contributed by atoms with Gasteiger partial charge in [-0.15, -0.1) is 0 Å². The Labute approximate surface area is 166 Å². The third kappa shape index (κ3) is 3.31. The minimum Gasteiger partial charge on any atom is -0.444 e. The summed E-state index contributed by atoms with van der Waals surface area (Å²) in [6.45, 7) is 2.95. The smallest absolute Gasteiger partial charge is 0.414 e. The fraction of sp³-hybridized carbons (Fsp3) is 0.350. The first-order valence-electron chi connectivity index (χ1n) is 9.28. The Hall–Kier alpha value is -2.32. The normalized spacial score (nSPS) is 18.6. The fourth-order valence-corrected chi connectivity index (χ4v) is 5.41. The topological polar surface area (TPSA) is 66.9 Å². The van der Waals surface area contributed by atoms with Gasteiger partial charge in [-0.25, -0.2) is 13.2 Å². The number of carbonyl (C=O) groups excluding carboxylic acids is 1. The third-order valence-electron chi connectivity index (χ3n) is 5.42. The maximum absolute atomic E-state index is 12.9. The Morgan fingerprint density at radius 3 is 2.43 bits per heavy atom. The van der Waals surface area contributed by atoms with Gasteiger partial charge in [0.25, 0.3) is 0 Å². The molecule has 28 heavy (non-hydrogen) atoms. The molecule has 1 fully saturated rings. The molecule has 6 nitrogen and oxygen atoms in total. The van der Waals surface area contributed by atoms with Gasteiger partial charge in [0.2, 0.25) is 10.0 Å². The van der Waals surface area contributed by atoms with Gasteiger partial charge in [0, 0.05) is 24.7 Å². The predicted octanol–water partition coefficient (Wildman–Crippen LogP) is 2.10. The summed E-state index contributed by atoms with van der Waals surface area (Å²) in [6.07, 6.45) is 0.746. The second-order valence-corrected chi connectivity index (χ2v) is 9.15. The van der Waals surface area contributed by atoms with Crippen LogP contribution in [-0.2, 0) is 21.4 Å². The number of rotatable bonds is 3. The fourth-order valence-electron chi connectivity index (χ4n) is 3.94. The molecule has 4 rings (SSSR count). The molecule has 2 heterocycles. The van der Waals surface area contributed by atoms with E-state index >= 15 is 0 Å². The van der Waals surface area contributed by atoms with Crippen LogP contribution in [0.3, 0.4) is 0 Å². The first-order valence-corrected chi connectivity index (χ1v) is 10.7. The zero-order valence-corrected chi connectivity index (χ0v) is 16.5. The van der Waals surface area contributed by atoms with Gasteiger partial charge in [0.1, 0.15) is 14.5 Å². The summed E-state index contributed by atoms with van der Waals surface area (Å²) in [7, 11) is 2.08. The molecule has 2 aliphatic heterocycles. The highest BCUT2D eigenvalue weighted by atomic mass is 32.2. The molecule has 2 aliphatic rings. The molecule has 0 N–H and O–H groups in total. The summed E-state index contributed by atoms with van der Waals surface area (Å²) >= 11 is 0. The van der Waals surface area contributed by atoms with Gasteiger partial charge >= 0.3 is 6.09 Å². The Morgan fingerprint density at radius 2 is 1.75 bits per heavy atom. The number of nitrogens with zero attached hydrogens (tertiary/aromatic N) is 2. The van der Waals surface area contributed by atoms with Crippen molar-refractivity contribution in [2.75, 3.05) is 18.0 Å². The van der Waals surface area contributed by atoms with E-state index in [2.05, 4.69) is 0 Å². The zero-order valence-electron chi connectivity index (χ0n) is 15.7. The lowest BCUT2D eigenvalue weighted by atomic mass is 9.97. The summed E-state index contributed by atoms with van der Waals surface area (Å²) in [5, 5.41) is 0. The molecule has 1 saturated heterocycles. The van der Waals surface area contributed by atoms with E-state index in [1.165, 1.54) is 16.4 Å². The van der Waals surface area contributed by atoms with Crippen LogP contribution in [0.4, 0.5) is 10.5 Å². The number of hydrogen-bond acceptors (Lipinski definition) is 4. The van der Waals surface area contributed by atoms with Crippen molar-refractivity contribution >= 4 is 35.1 Å². The number of fused-ring (bicyclic) bond motifs is 1. The van der Waals surface area contributed by atoms with Crippen LogP contribution in [-0.4, -0.2) is 45.8 Å². The molecule has 1 amide bonds. The number of para-hydroxylation sites is 1. The van der Waals surface area contributed by atoms with Gasteiger partial charge in [0.05, 0.1) is 10.6 Å². The number of hydrogen-bond donors (Lipinski definition) is 0. The average molecular weight is 396 g/mol. The van der Waals surface area contributed by atoms with Gasteiger partial charge < -0.3 is 4.74 Å². The number of carbonyl (C=O) groups is 1. The number of ether oxygens (including phenoxy) is 1. The van der Waals surface area contributed by atoms with E-state index in [0.29, 0.717) is 31.4 Å². The van der Waals surface area contributed by atoms with Crippen molar-refractivity contribution in [2.45, 2.75) is 37.3 Å². The van der Waals surface area contributed by atoms with Crippen LogP contribution in [0, 0.1) is 6.92 Å². The van der Waals surface area contributed by atoms with Crippen molar-refractivity contribution in [3.8, 4) is 0 Å². The van der Waals surface area contributed by atoms with Crippen LogP contribution in [0.5, 0.6) is 0 Å². The van der Waals surface area contributed by atoms with E-state index in [1.54, 1.807) is 17.0 Å². The van der Waals surface area contributed by atoms with Crippen molar-refractivity contribution in [3.05, 3.63) is 53.6 Å². The van der Waals surface area contributed by atoms with Gasteiger partial charge in [-0.2, -0.15) is 4.31 Å². The van der Waals surface area contributed by atoms with E-state index in [4.69, 9.17) is 12.6 Å². The Bertz CT molecular complexity index is 999. The first kappa shape index (κ1) is 19.0. The summed E-state index contributed by atoms with van der Waals surface area (Å²) < 4.78 is 32.6. The molecule has 2 aromatic carbocycles. The predicted molar refractivity (Wildman–Crippen MR) is 107 cm³/mol. The number of aryl methyl sites for hydroxylation is 1. The highest BCUT2D eigenvalue weighted by Crippen LogP contribution is 2.35. The Balaban J connectivity index is 1.54. The highest BCUT2D eigenvalue weighted by molar-refractivity contribution is 7.89. The molecule has 0 bridgehead atoms. The third-order valence-corrected chi connectivity index (χ3v) is 7.33. The molecular weight excluding hydrogens is 375 g/mol. The molecule has 0 unspecified atom stereocenters. The van der Waals surface area contributed by atoms with Crippen molar-refractivity contribution in [1.29, 1.82) is 0 Å². The lowest BCUT2D eigenvalue weighted by molar-refractivity contribution is 0.135. The van der Waals surface area contributed by atoms with E-state index < -0.39 is 10.0 Å². The van der Waals surface area contributed by atoms with Crippen LogP contribution in [0.1, 0.15) is 24.0 Å². The molecule has 0 aromatic heterocycles. The average Bonchev–Trinajstić information content (AvgIpc) is 2.69. The van der Waals surface area contributed by atoms with E-state index in [9.17, 15) is 13.2 Å². The number of anilines is 1. The summed E-state index contributed by atoms with van der Waals surface area (Å²) in [6, 6.07) is 12.0. The summed E-state index contributed by atoms with van der Waals surface area (Å²) in [5.74, 6) is 0. The number of sulfonamides is 1. The number of amides is 1. The van der Waals surface area contributed by atoms with Crippen LogP contribution < -0.4 is 10.4 Å². The molecule has 0 saturated carbocycles. The van der Waals surface area contributed by atoms with E-state index in [-0.39, 0.29) is 23.6 Å². The number of cyclic esters (lactones) is 1. The second-order valence-electron chi connectivity index (χ2n) is 7.21. The highest BCUT2D eigenvalue weighted by Gasteiger charge is 2.37. The Morgan fingerprint density at radius 1 is 1.07 bits per heavy atom. The lowest BCUT2D eigenvalue weighted by Crippen LogP contribution is -2.50. The molecule has 2 radical (unpaired) electrons. The summed E-state index contributed by atoms with van der Waals surface area (Å²) in [5.41, 5.74) is 3.43. The maximum Gasteiger partial charge on any atom is 0.414 e. The van der Waals surface area contributed by atoms with Crippen LogP contribution in [0.25, 0.3) is 0 Å². The molecule has 0 aliphatic carbocycles. The van der Waals surface area contributed by atoms with Gasteiger partial charge in [-0.1, -0.05) is 35.8 Å². The van der Waals surface area contributed by atoms with Crippen molar-refractivity contribution in [2.24, 2.45) is 0 Å². The molecule has 2 aromatic rings. The largest absolute Gasteiger partial charge is 0.444 e.